The fourth-order valence-electron chi connectivity index (χ4n) is 0.755. The third-order valence-corrected chi connectivity index (χ3v) is 3.03. The first kappa shape index (κ1) is 12.6. The van der Waals surface area contributed by atoms with Gasteiger partial charge in [0.1, 0.15) is 9.85 Å². The van der Waals surface area contributed by atoms with Crippen molar-refractivity contribution < 1.29 is 9.53 Å². The third-order valence-electron chi connectivity index (χ3n) is 1.30. The molecule has 13 heavy (non-hydrogen) atoms. The van der Waals surface area contributed by atoms with Crippen LogP contribution in [0.3, 0.4) is 0 Å². The fraction of sp³-hybridized carbons (Fsp3) is 0.625. The van der Waals surface area contributed by atoms with Gasteiger partial charge in [-0.1, -0.05) is 12.2 Å². The molecule has 0 aliphatic rings. The predicted molar refractivity (Wildman–Crippen MR) is 62.7 cm³/mol. The monoisotopic (exact) mass is 221 g/mol. The second-order valence-electron chi connectivity index (χ2n) is 2.45. The number of carbonyl (C=O) groups is 1. The van der Waals surface area contributed by atoms with Gasteiger partial charge in [-0.05, 0) is 19.4 Å². The van der Waals surface area contributed by atoms with E-state index in [1.165, 1.54) is 0 Å². The van der Waals surface area contributed by atoms with Crippen molar-refractivity contribution in [1.82, 2.24) is 5.32 Å². The van der Waals surface area contributed by atoms with Crippen LogP contribution in [0.4, 0.5) is 0 Å². The topological polar surface area (TPSA) is 38.3 Å². The van der Waals surface area contributed by atoms with Gasteiger partial charge in [0.2, 0.25) is 0 Å². The lowest BCUT2D eigenvalue weighted by Gasteiger charge is -2.09. The number of hydrogen-bond donors (Lipinski definition) is 1. The molecule has 0 aromatic carbocycles. The normalized spacial score (nSPS) is 9.62. The molecule has 0 saturated heterocycles. The molecule has 0 spiro atoms. The molecular weight excluding hydrogens is 206 g/mol. The molecule has 1 N–H and O–H groups in total. The van der Waals surface area contributed by atoms with Crippen LogP contribution in [-0.4, -0.2) is 42.0 Å². The molecule has 0 fully saturated rings. The number of esters is 1. The number of carbonyl (C=O) groups excluding carboxylic acids is 1. The Bertz CT molecular complexity index is 245. The molecule has 0 aromatic heterocycles. The number of rotatable bonds is 3. The minimum atomic E-state index is -0.310. The van der Waals surface area contributed by atoms with Gasteiger partial charge in [0, 0.05) is 7.05 Å². The van der Waals surface area contributed by atoms with E-state index in [1.807, 2.05) is 12.5 Å². The van der Waals surface area contributed by atoms with Crippen LogP contribution in [0.1, 0.15) is 6.92 Å². The first-order valence-electron chi connectivity index (χ1n) is 3.88. The molecule has 5 heteroatoms. The molecule has 3 nitrogen and oxygen atoms in total. The Labute approximate surface area is 86.8 Å². The fourth-order valence-corrected chi connectivity index (χ4v) is 2.20. The van der Waals surface area contributed by atoms with E-state index in [0.29, 0.717) is 16.5 Å². The summed E-state index contributed by atoms with van der Waals surface area (Å²) in [4.78, 5) is 12.5. The maximum absolute atomic E-state index is 11.4. The molecule has 0 radical (unpaired) electrons. The SMILES string of the molecule is CCOC(=O)C(C(=S)NC)=S(C)C. The maximum atomic E-state index is 11.4. The summed E-state index contributed by atoms with van der Waals surface area (Å²) in [6.07, 6.45) is 3.88. The molecule has 76 valence electrons. The lowest BCUT2D eigenvalue weighted by atomic mass is 10.4. The smallest absolute Gasteiger partial charge is 0.346 e. The molecule has 0 aromatic rings. The summed E-state index contributed by atoms with van der Waals surface area (Å²) >= 11 is 5.00. The molecule has 0 aliphatic carbocycles. The highest BCUT2D eigenvalue weighted by molar-refractivity contribution is 8.17. The van der Waals surface area contributed by atoms with E-state index < -0.39 is 0 Å². The molecule has 0 bridgehead atoms. The van der Waals surface area contributed by atoms with Gasteiger partial charge < -0.3 is 10.1 Å². The summed E-state index contributed by atoms with van der Waals surface area (Å²) in [5, 5.41) is 2.79. The predicted octanol–water partition coefficient (Wildman–Crippen LogP) is 0.797. The lowest BCUT2D eigenvalue weighted by Crippen LogP contribution is -2.33. The van der Waals surface area contributed by atoms with Crippen molar-refractivity contribution in [1.29, 1.82) is 0 Å². The molecule has 0 aliphatic heterocycles. The Morgan fingerprint density at radius 2 is 2.08 bits per heavy atom. The number of thiocarbonyl (C=S) groups is 1. The van der Waals surface area contributed by atoms with E-state index in [1.54, 1.807) is 14.0 Å². The highest BCUT2D eigenvalue weighted by Gasteiger charge is 2.15. The van der Waals surface area contributed by atoms with Gasteiger partial charge in [0.15, 0.2) is 0 Å². The molecule has 0 rings (SSSR count). The van der Waals surface area contributed by atoms with Crippen molar-refractivity contribution in [2.75, 3.05) is 26.2 Å². The van der Waals surface area contributed by atoms with Gasteiger partial charge in [-0.3, -0.25) is 0 Å². The van der Waals surface area contributed by atoms with Gasteiger partial charge in [-0.25, -0.2) is 4.79 Å². The van der Waals surface area contributed by atoms with E-state index in [4.69, 9.17) is 17.0 Å². The van der Waals surface area contributed by atoms with Gasteiger partial charge in [-0.2, -0.15) is 10.5 Å². The van der Waals surface area contributed by atoms with Crippen molar-refractivity contribution >= 4 is 38.5 Å². The van der Waals surface area contributed by atoms with Crippen LogP contribution in [0.15, 0.2) is 0 Å². The van der Waals surface area contributed by atoms with Crippen LogP contribution in [0.5, 0.6) is 0 Å². The summed E-state index contributed by atoms with van der Waals surface area (Å²) in [6.45, 7) is 2.16. The van der Waals surface area contributed by atoms with Gasteiger partial charge in [0.05, 0.1) is 6.61 Å². The standard InChI is InChI=1S/C8H15NO2S2/c1-5-11-8(10)6(13(3)4)7(12)9-2/h5H2,1-4H3,(H,9,12). The first-order chi connectivity index (χ1) is 6.04. The van der Waals surface area contributed by atoms with Crippen molar-refractivity contribution in [2.24, 2.45) is 0 Å². The van der Waals surface area contributed by atoms with Crippen LogP contribution in [0, 0.1) is 0 Å². The van der Waals surface area contributed by atoms with Crippen molar-refractivity contribution in [3.63, 3.8) is 0 Å². The Morgan fingerprint density at radius 3 is 2.38 bits per heavy atom. The summed E-state index contributed by atoms with van der Waals surface area (Å²) in [5.74, 6) is -0.310. The summed E-state index contributed by atoms with van der Waals surface area (Å²) < 4.78 is 4.89. The number of nitrogens with one attached hydrogen (secondary N) is 1. The van der Waals surface area contributed by atoms with E-state index >= 15 is 0 Å². The van der Waals surface area contributed by atoms with Crippen LogP contribution in [-0.2, 0) is 9.53 Å². The average Bonchev–Trinajstić information content (AvgIpc) is 2.04. The Hall–Kier alpha value is -0.420. The van der Waals surface area contributed by atoms with E-state index in [-0.39, 0.29) is 16.5 Å². The van der Waals surface area contributed by atoms with Gasteiger partial charge in [-0.15, -0.1) is 0 Å². The first-order valence-corrected chi connectivity index (χ1v) is 6.33. The summed E-state index contributed by atoms with van der Waals surface area (Å²) in [5.41, 5.74) is 0. The maximum Gasteiger partial charge on any atom is 0.346 e. The molecule has 0 saturated carbocycles. The minimum absolute atomic E-state index is 0.176. The zero-order chi connectivity index (χ0) is 10.4. The van der Waals surface area contributed by atoms with Crippen LogP contribution in [0.25, 0.3) is 0 Å². The molecule has 0 unspecified atom stereocenters. The van der Waals surface area contributed by atoms with Crippen molar-refractivity contribution in [3.8, 4) is 0 Å². The van der Waals surface area contributed by atoms with Crippen LogP contribution >= 0.6 is 22.7 Å². The highest BCUT2D eigenvalue weighted by Crippen LogP contribution is 2.05. The quantitative estimate of drug-likeness (QED) is 0.565. The zero-order valence-corrected chi connectivity index (χ0v) is 9.97. The van der Waals surface area contributed by atoms with Gasteiger partial charge in [0.25, 0.3) is 0 Å². The van der Waals surface area contributed by atoms with Crippen molar-refractivity contribution in [3.05, 3.63) is 0 Å². The molecular formula is C8H15NO2S2. The second-order valence-corrected chi connectivity index (χ2v) is 4.89. The Morgan fingerprint density at radius 1 is 1.54 bits per heavy atom. The molecule has 0 atom stereocenters. The number of hydrogen-bond acceptors (Lipinski definition) is 3. The highest BCUT2D eigenvalue weighted by atomic mass is 32.2. The van der Waals surface area contributed by atoms with E-state index in [9.17, 15) is 4.79 Å². The largest absolute Gasteiger partial charge is 0.462 e. The minimum Gasteiger partial charge on any atom is -0.462 e. The lowest BCUT2D eigenvalue weighted by molar-refractivity contribution is -0.134. The Kier molecular flexibility index (Phi) is 5.90. The van der Waals surface area contributed by atoms with Crippen molar-refractivity contribution in [2.45, 2.75) is 6.92 Å². The molecule has 0 heterocycles. The summed E-state index contributed by atoms with van der Waals surface area (Å²) in [7, 11) is 1.53. The van der Waals surface area contributed by atoms with Crippen LogP contribution in [0.2, 0.25) is 0 Å². The second kappa shape index (κ2) is 6.10. The molecule has 0 amide bonds. The summed E-state index contributed by atoms with van der Waals surface area (Å²) in [6, 6.07) is 0. The van der Waals surface area contributed by atoms with Crippen LogP contribution < -0.4 is 5.32 Å². The zero-order valence-electron chi connectivity index (χ0n) is 8.34. The Balaban J connectivity index is 4.75. The van der Waals surface area contributed by atoms with E-state index in [0.717, 1.165) is 0 Å². The van der Waals surface area contributed by atoms with Gasteiger partial charge >= 0.3 is 5.97 Å². The van der Waals surface area contributed by atoms with E-state index in [2.05, 4.69) is 5.32 Å². The average molecular weight is 221 g/mol. The number of ether oxygens (including phenoxy) is 1. The third kappa shape index (κ3) is 3.87.